The third kappa shape index (κ3) is 6.47. The Balaban J connectivity index is 1.27. The second-order valence-electron chi connectivity index (χ2n) is 7.02. The Bertz CT molecular complexity index is 1240. The molecule has 0 radical (unpaired) electrons. The van der Waals surface area contributed by atoms with E-state index < -0.39 is 17.6 Å². The third-order valence-electron chi connectivity index (χ3n) is 4.57. The second kappa shape index (κ2) is 10.6. The van der Waals surface area contributed by atoms with Gasteiger partial charge in [0.25, 0.3) is 0 Å². The quantitative estimate of drug-likeness (QED) is 0.213. The first-order valence-corrected chi connectivity index (χ1v) is 11.0. The smallest absolute Gasteiger partial charge is 0.416 e. The fourth-order valence-corrected chi connectivity index (χ4v) is 3.71. The van der Waals surface area contributed by atoms with Crippen molar-refractivity contribution in [2.75, 3.05) is 5.75 Å². The highest BCUT2D eigenvalue weighted by molar-refractivity contribution is 7.99. The summed E-state index contributed by atoms with van der Waals surface area (Å²) in [7, 11) is 0. The second-order valence-corrected chi connectivity index (χ2v) is 8.19. The lowest BCUT2D eigenvalue weighted by Gasteiger charge is -2.07. The molecule has 4 rings (SSSR count). The van der Waals surface area contributed by atoms with Crippen molar-refractivity contribution in [1.29, 1.82) is 0 Å². The van der Waals surface area contributed by atoms with E-state index in [9.17, 15) is 17.6 Å². The molecule has 0 atom stereocenters. The molecule has 0 bridgehead atoms. The van der Waals surface area contributed by atoms with E-state index in [4.69, 9.17) is 9.15 Å². The van der Waals surface area contributed by atoms with Crippen molar-refractivity contribution in [3.63, 3.8) is 0 Å². The van der Waals surface area contributed by atoms with Gasteiger partial charge >= 0.3 is 6.18 Å². The topological polar surface area (TPSA) is 66.0 Å². The van der Waals surface area contributed by atoms with Gasteiger partial charge in [0.15, 0.2) is 0 Å². The van der Waals surface area contributed by atoms with Crippen LogP contribution in [-0.2, 0) is 19.3 Å². The molecule has 0 N–H and O–H groups in total. The molecule has 0 amide bonds. The molecule has 34 heavy (non-hydrogen) atoms. The molecule has 0 unspecified atom stereocenters. The average Bonchev–Trinajstić information content (AvgIpc) is 3.49. The molecule has 0 aliphatic carbocycles. The standard InChI is InChI=1S/C23H18F4N4O2S/c24-21-13-17(23(25,26)27)3-1-16(21)2-8-22-29-18(15-33-22)14-32-19-4-6-20(7-5-19)34-12-11-31-10-9-28-30-31/h1-10,13,15H,11-12,14H2. The Hall–Kier alpha value is -3.60. The van der Waals surface area contributed by atoms with E-state index in [0.29, 0.717) is 17.5 Å². The van der Waals surface area contributed by atoms with Gasteiger partial charge in [0.2, 0.25) is 5.89 Å². The van der Waals surface area contributed by atoms with Gasteiger partial charge in [-0.15, -0.1) is 16.9 Å². The molecule has 176 valence electrons. The summed E-state index contributed by atoms with van der Waals surface area (Å²) in [5.74, 6) is 0.709. The number of hydrogen-bond donors (Lipinski definition) is 0. The highest BCUT2D eigenvalue weighted by Gasteiger charge is 2.30. The number of aryl methyl sites for hydroxylation is 1. The zero-order valence-corrected chi connectivity index (χ0v) is 18.4. The lowest BCUT2D eigenvalue weighted by atomic mass is 10.1. The number of rotatable bonds is 9. The predicted molar refractivity (Wildman–Crippen MR) is 118 cm³/mol. The van der Waals surface area contributed by atoms with Crippen molar-refractivity contribution < 1.29 is 26.7 Å². The van der Waals surface area contributed by atoms with Crippen LogP contribution in [0.25, 0.3) is 12.2 Å². The molecule has 0 saturated carbocycles. The van der Waals surface area contributed by atoms with Crippen LogP contribution >= 0.6 is 11.8 Å². The SMILES string of the molecule is Fc1cc(C(F)(F)F)ccc1C=Cc1nc(COc2ccc(SCCn3ccnn3)cc2)co1. The number of thioether (sulfide) groups is 1. The molecular weight excluding hydrogens is 472 g/mol. The van der Waals surface area contributed by atoms with Crippen LogP contribution in [0.2, 0.25) is 0 Å². The van der Waals surface area contributed by atoms with Gasteiger partial charge < -0.3 is 9.15 Å². The minimum absolute atomic E-state index is 0.0109. The Morgan fingerprint density at radius 1 is 1.09 bits per heavy atom. The number of hydrogen-bond acceptors (Lipinski definition) is 6. The van der Waals surface area contributed by atoms with E-state index >= 15 is 0 Å². The Kier molecular flexibility index (Phi) is 7.31. The van der Waals surface area contributed by atoms with Gasteiger partial charge in [-0.2, -0.15) is 13.2 Å². The summed E-state index contributed by atoms with van der Waals surface area (Å²) in [6.07, 6.45) is 2.93. The van der Waals surface area contributed by atoms with E-state index in [1.807, 2.05) is 30.5 Å². The molecule has 0 spiro atoms. The summed E-state index contributed by atoms with van der Waals surface area (Å²) in [4.78, 5) is 5.31. The summed E-state index contributed by atoms with van der Waals surface area (Å²) < 4.78 is 64.6. The monoisotopic (exact) mass is 490 g/mol. The molecule has 2 aromatic carbocycles. The largest absolute Gasteiger partial charge is 0.487 e. The highest BCUT2D eigenvalue weighted by atomic mass is 32.2. The molecule has 0 aliphatic heterocycles. The molecule has 2 aromatic heterocycles. The van der Waals surface area contributed by atoms with Crippen LogP contribution in [0.5, 0.6) is 5.75 Å². The molecule has 0 fully saturated rings. The van der Waals surface area contributed by atoms with E-state index in [-0.39, 0.29) is 18.1 Å². The maximum absolute atomic E-state index is 13.9. The number of benzene rings is 2. The Morgan fingerprint density at radius 3 is 2.62 bits per heavy atom. The van der Waals surface area contributed by atoms with Gasteiger partial charge in [0.05, 0.1) is 18.3 Å². The lowest BCUT2D eigenvalue weighted by molar-refractivity contribution is -0.137. The van der Waals surface area contributed by atoms with Crippen molar-refractivity contribution in [3.05, 3.63) is 89.7 Å². The molecule has 2 heterocycles. The van der Waals surface area contributed by atoms with Crippen molar-refractivity contribution in [1.82, 2.24) is 20.0 Å². The van der Waals surface area contributed by atoms with Crippen LogP contribution in [0, 0.1) is 5.82 Å². The van der Waals surface area contributed by atoms with Crippen molar-refractivity contribution >= 4 is 23.9 Å². The van der Waals surface area contributed by atoms with Crippen LogP contribution < -0.4 is 4.74 Å². The Labute approximate surface area is 196 Å². The number of aromatic nitrogens is 4. The maximum atomic E-state index is 13.9. The minimum atomic E-state index is -4.60. The van der Waals surface area contributed by atoms with Crippen molar-refractivity contribution in [3.8, 4) is 5.75 Å². The number of oxazole rings is 1. The van der Waals surface area contributed by atoms with Crippen LogP contribution in [0.1, 0.15) is 22.7 Å². The van der Waals surface area contributed by atoms with Crippen molar-refractivity contribution in [2.24, 2.45) is 0 Å². The molecule has 0 saturated heterocycles. The van der Waals surface area contributed by atoms with Gasteiger partial charge in [-0.05, 0) is 42.5 Å². The fraction of sp³-hybridized carbons (Fsp3) is 0.174. The normalized spacial score (nSPS) is 11.9. The van der Waals surface area contributed by atoms with Gasteiger partial charge in [0, 0.05) is 28.5 Å². The molecule has 0 aliphatic rings. The zero-order chi connectivity index (χ0) is 24.0. The first kappa shape index (κ1) is 23.6. The van der Waals surface area contributed by atoms with Gasteiger partial charge in [-0.3, -0.25) is 4.68 Å². The predicted octanol–water partition coefficient (Wildman–Crippen LogP) is 5.97. The maximum Gasteiger partial charge on any atom is 0.416 e. The summed E-state index contributed by atoms with van der Waals surface area (Å²) in [5, 5.41) is 7.69. The minimum Gasteiger partial charge on any atom is -0.487 e. The first-order chi connectivity index (χ1) is 16.4. The van der Waals surface area contributed by atoms with Gasteiger partial charge in [-0.25, -0.2) is 9.37 Å². The summed E-state index contributed by atoms with van der Waals surface area (Å²) >= 11 is 1.69. The van der Waals surface area contributed by atoms with Crippen LogP contribution in [0.15, 0.2) is 70.4 Å². The number of alkyl halides is 3. The molecule has 11 heteroatoms. The number of nitrogens with zero attached hydrogens (tertiary/aromatic N) is 4. The van der Waals surface area contributed by atoms with Crippen molar-refractivity contribution in [2.45, 2.75) is 24.2 Å². The van der Waals surface area contributed by atoms with Crippen LogP contribution in [0.3, 0.4) is 0 Å². The lowest BCUT2D eigenvalue weighted by Crippen LogP contribution is -2.05. The van der Waals surface area contributed by atoms with E-state index in [1.54, 1.807) is 22.6 Å². The third-order valence-corrected chi connectivity index (χ3v) is 5.57. The van der Waals surface area contributed by atoms with Gasteiger partial charge in [-0.1, -0.05) is 11.3 Å². The molecular formula is C23H18F4N4O2S. The van der Waals surface area contributed by atoms with E-state index in [2.05, 4.69) is 15.3 Å². The molecule has 4 aromatic rings. The number of ether oxygens (including phenoxy) is 1. The zero-order valence-electron chi connectivity index (χ0n) is 17.6. The summed E-state index contributed by atoms with van der Waals surface area (Å²) in [6.45, 7) is 0.919. The Morgan fingerprint density at radius 2 is 1.91 bits per heavy atom. The van der Waals surface area contributed by atoms with E-state index in [0.717, 1.165) is 29.3 Å². The highest BCUT2D eigenvalue weighted by Crippen LogP contribution is 2.30. The van der Waals surface area contributed by atoms with Crippen LogP contribution in [-0.4, -0.2) is 25.7 Å². The molecule has 6 nitrogen and oxygen atoms in total. The van der Waals surface area contributed by atoms with E-state index in [1.165, 1.54) is 18.4 Å². The summed E-state index contributed by atoms with van der Waals surface area (Å²) in [6, 6.07) is 9.94. The average molecular weight is 490 g/mol. The fourth-order valence-electron chi connectivity index (χ4n) is 2.86. The first-order valence-electron chi connectivity index (χ1n) is 10.1. The van der Waals surface area contributed by atoms with Crippen LogP contribution in [0.4, 0.5) is 17.6 Å². The van der Waals surface area contributed by atoms with Gasteiger partial charge in [0.1, 0.15) is 30.1 Å². The summed E-state index contributed by atoms with van der Waals surface area (Å²) in [5.41, 5.74) is -0.543. The number of halogens is 4.